The zero-order chi connectivity index (χ0) is 13.7. The predicted octanol–water partition coefficient (Wildman–Crippen LogP) is 2.25. The molecule has 0 radical (unpaired) electrons. The molecule has 0 fully saturated rings. The molecule has 0 aliphatic heterocycles. The quantitative estimate of drug-likeness (QED) is 0.475. The van der Waals surface area contributed by atoms with Crippen molar-refractivity contribution in [3.05, 3.63) is 27.3 Å². The number of rotatable bonds is 7. The van der Waals surface area contributed by atoms with Crippen molar-refractivity contribution in [3.8, 4) is 10.8 Å². The Labute approximate surface area is 113 Å². The number of aromatic nitrogens is 2. The van der Waals surface area contributed by atoms with Crippen molar-refractivity contribution >= 4 is 17.2 Å². The smallest absolute Gasteiger partial charge is 0.398 e. The van der Waals surface area contributed by atoms with E-state index in [4.69, 9.17) is 4.42 Å². The molecule has 102 valence electrons. The van der Waals surface area contributed by atoms with Gasteiger partial charge in [-0.25, -0.2) is 0 Å². The Bertz CT molecular complexity index is 552. The van der Waals surface area contributed by atoms with Crippen LogP contribution < -0.4 is 5.32 Å². The molecule has 0 bridgehead atoms. The van der Waals surface area contributed by atoms with Crippen LogP contribution in [0.1, 0.15) is 18.4 Å². The summed E-state index contributed by atoms with van der Waals surface area (Å²) in [5.41, 5.74) is 0. The third-order valence-electron chi connectivity index (χ3n) is 2.39. The van der Waals surface area contributed by atoms with E-state index in [1.807, 2.05) is 0 Å². The molecule has 2 aromatic heterocycles. The van der Waals surface area contributed by atoms with E-state index in [0.29, 0.717) is 10.8 Å². The lowest BCUT2D eigenvalue weighted by Crippen LogP contribution is -2.17. The molecule has 8 heteroatoms. The molecule has 7 nitrogen and oxygen atoms in total. The van der Waals surface area contributed by atoms with E-state index in [0.717, 1.165) is 30.9 Å². The second-order valence-corrected chi connectivity index (χ2v) is 4.96. The normalized spacial score (nSPS) is 10.8. The van der Waals surface area contributed by atoms with Crippen LogP contribution >= 0.6 is 11.3 Å². The average Bonchev–Trinajstić information content (AvgIpc) is 3.03. The molecule has 0 saturated heterocycles. The highest BCUT2D eigenvalue weighted by atomic mass is 32.1. The first-order valence-corrected chi connectivity index (χ1v) is 6.80. The molecule has 2 rings (SSSR count). The lowest BCUT2D eigenvalue weighted by Gasteiger charge is -1.98. The van der Waals surface area contributed by atoms with Crippen LogP contribution in [0.3, 0.4) is 0 Å². The maximum absolute atomic E-state index is 10.5. The van der Waals surface area contributed by atoms with Gasteiger partial charge in [-0.3, -0.25) is 10.1 Å². The van der Waals surface area contributed by atoms with Gasteiger partial charge in [0.2, 0.25) is 0 Å². The van der Waals surface area contributed by atoms with Crippen LogP contribution in [0.25, 0.3) is 10.8 Å². The minimum atomic E-state index is -0.569. The Morgan fingerprint density at radius 1 is 1.42 bits per heavy atom. The van der Waals surface area contributed by atoms with Crippen molar-refractivity contribution in [2.45, 2.75) is 19.8 Å². The lowest BCUT2D eigenvalue weighted by atomic mass is 10.4. The molecule has 0 aromatic carbocycles. The van der Waals surface area contributed by atoms with Crippen LogP contribution in [0.5, 0.6) is 0 Å². The summed E-state index contributed by atoms with van der Waals surface area (Å²) in [4.78, 5) is 9.96. The summed E-state index contributed by atoms with van der Waals surface area (Å²) in [6, 6.07) is 2.86. The largest absolute Gasteiger partial charge is 0.433 e. The highest BCUT2D eigenvalue weighted by Crippen LogP contribution is 2.28. The van der Waals surface area contributed by atoms with E-state index >= 15 is 0 Å². The maximum Gasteiger partial charge on any atom is 0.433 e. The summed E-state index contributed by atoms with van der Waals surface area (Å²) in [7, 11) is 0. The van der Waals surface area contributed by atoms with Gasteiger partial charge in [-0.1, -0.05) is 18.3 Å². The number of hydrogen-bond acceptors (Lipinski definition) is 7. The van der Waals surface area contributed by atoms with Crippen molar-refractivity contribution < 1.29 is 9.34 Å². The van der Waals surface area contributed by atoms with Gasteiger partial charge in [-0.2, -0.15) is 0 Å². The Hall–Kier alpha value is -1.80. The third-order valence-corrected chi connectivity index (χ3v) is 3.39. The Balaban J connectivity index is 1.97. The Morgan fingerprint density at radius 2 is 2.26 bits per heavy atom. The molecular weight excluding hydrogens is 268 g/mol. The minimum Gasteiger partial charge on any atom is -0.398 e. The van der Waals surface area contributed by atoms with Gasteiger partial charge in [0.15, 0.2) is 10.8 Å². The van der Waals surface area contributed by atoms with Gasteiger partial charge in [-0.15, -0.1) is 10.2 Å². The summed E-state index contributed by atoms with van der Waals surface area (Å²) in [6.07, 6.45) is 1.89. The fourth-order valence-corrected chi connectivity index (χ4v) is 2.29. The third kappa shape index (κ3) is 3.58. The zero-order valence-corrected chi connectivity index (χ0v) is 11.3. The van der Waals surface area contributed by atoms with Gasteiger partial charge in [0.25, 0.3) is 0 Å². The maximum atomic E-state index is 10.5. The monoisotopic (exact) mass is 282 g/mol. The molecule has 0 aliphatic rings. The van der Waals surface area contributed by atoms with Gasteiger partial charge in [0.05, 0.1) is 6.07 Å². The number of furan rings is 1. The van der Waals surface area contributed by atoms with E-state index in [9.17, 15) is 10.1 Å². The molecule has 1 N–H and O–H groups in total. The SMILES string of the molecule is CCCNCCc1nnc(-c2ccc([N+](=O)[O-])o2)s1. The van der Waals surface area contributed by atoms with Crippen LogP contribution in [-0.2, 0) is 6.42 Å². The van der Waals surface area contributed by atoms with E-state index in [1.54, 1.807) is 0 Å². The average molecular weight is 282 g/mol. The molecule has 19 heavy (non-hydrogen) atoms. The summed E-state index contributed by atoms with van der Waals surface area (Å²) in [5, 5.41) is 23.3. The first-order valence-electron chi connectivity index (χ1n) is 5.98. The highest BCUT2D eigenvalue weighted by molar-refractivity contribution is 7.14. The van der Waals surface area contributed by atoms with Crippen LogP contribution in [0.4, 0.5) is 5.88 Å². The van der Waals surface area contributed by atoms with Crippen molar-refractivity contribution in [2.75, 3.05) is 13.1 Å². The first kappa shape index (κ1) is 13.6. The second-order valence-electron chi connectivity index (χ2n) is 3.90. The van der Waals surface area contributed by atoms with E-state index in [2.05, 4.69) is 22.4 Å². The van der Waals surface area contributed by atoms with Gasteiger partial charge < -0.3 is 9.73 Å². The van der Waals surface area contributed by atoms with E-state index in [1.165, 1.54) is 23.5 Å². The fourth-order valence-electron chi connectivity index (χ4n) is 1.49. The van der Waals surface area contributed by atoms with Crippen molar-refractivity contribution in [1.29, 1.82) is 0 Å². The minimum absolute atomic E-state index is 0.281. The van der Waals surface area contributed by atoms with Crippen molar-refractivity contribution in [2.24, 2.45) is 0 Å². The van der Waals surface area contributed by atoms with Crippen LogP contribution in [0.2, 0.25) is 0 Å². The second kappa shape index (κ2) is 6.39. The Morgan fingerprint density at radius 3 is 2.95 bits per heavy atom. The summed E-state index contributed by atoms with van der Waals surface area (Å²) in [6.45, 7) is 3.94. The standard InChI is InChI=1S/C11H14N4O3S/c1-2-6-12-7-5-9-13-14-11(19-9)8-3-4-10(18-8)15(16)17/h3-4,12H,2,5-7H2,1H3. The molecule has 0 unspecified atom stereocenters. The topological polar surface area (TPSA) is 94.1 Å². The lowest BCUT2D eigenvalue weighted by molar-refractivity contribution is -0.401. The molecule has 0 saturated carbocycles. The molecular formula is C11H14N4O3S. The molecule has 0 spiro atoms. The number of nitrogens with one attached hydrogen (secondary N) is 1. The summed E-state index contributed by atoms with van der Waals surface area (Å²) in [5.74, 6) is 0.105. The van der Waals surface area contributed by atoms with E-state index in [-0.39, 0.29) is 5.88 Å². The fraction of sp³-hybridized carbons (Fsp3) is 0.455. The molecule has 2 heterocycles. The van der Waals surface area contributed by atoms with Crippen LogP contribution in [0.15, 0.2) is 16.5 Å². The van der Waals surface area contributed by atoms with Gasteiger partial charge in [0.1, 0.15) is 9.93 Å². The first-order chi connectivity index (χ1) is 9.20. The van der Waals surface area contributed by atoms with Crippen LogP contribution in [-0.4, -0.2) is 28.2 Å². The highest BCUT2D eigenvalue weighted by Gasteiger charge is 2.16. The Kier molecular flexibility index (Phi) is 4.58. The van der Waals surface area contributed by atoms with Gasteiger partial charge in [0, 0.05) is 13.0 Å². The predicted molar refractivity (Wildman–Crippen MR) is 71.1 cm³/mol. The molecule has 2 aromatic rings. The number of nitro groups is 1. The van der Waals surface area contributed by atoms with Crippen molar-refractivity contribution in [3.63, 3.8) is 0 Å². The van der Waals surface area contributed by atoms with Gasteiger partial charge in [-0.05, 0) is 19.0 Å². The number of hydrogen-bond donors (Lipinski definition) is 1. The van der Waals surface area contributed by atoms with E-state index < -0.39 is 4.92 Å². The molecule has 0 amide bonds. The summed E-state index contributed by atoms with van der Waals surface area (Å²) >= 11 is 1.39. The summed E-state index contributed by atoms with van der Waals surface area (Å²) < 4.78 is 5.08. The molecule has 0 aliphatic carbocycles. The van der Waals surface area contributed by atoms with Crippen molar-refractivity contribution in [1.82, 2.24) is 15.5 Å². The number of nitrogens with zero attached hydrogens (tertiary/aromatic N) is 3. The molecule has 0 atom stereocenters. The zero-order valence-electron chi connectivity index (χ0n) is 10.5. The van der Waals surface area contributed by atoms with Gasteiger partial charge >= 0.3 is 5.88 Å². The van der Waals surface area contributed by atoms with Crippen LogP contribution in [0, 0.1) is 10.1 Å².